The molecule has 5 heteroatoms. The molecule has 1 aliphatic rings. The zero-order valence-electron chi connectivity index (χ0n) is 9.72. The number of hydrogen-bond acceptors (Lipinski definition) is 4. The maximum Gasteiger partial charge on any atom is 0.310 e. The van der Waals surface area contributed by atoms with Crippen molar-refractivity contribution in [3.05, 3.63) is 12.4 Å². The molecule has 0 bridgehead atoms. The predicted molar refractivity (Wildman–Crippen MR) is 60.2 cm³/mol. The molecule has 0 aliphatic carbocycles. The Morgan fingerprint density at radius 2 is 2.50 bits per heavy atom. The van der Waals surface area contributed by atoms with Gasteiger partial charge in [0.05, 0.1) is 24.4 Å². The molecule has 5 nitrogen and oxygen atoms in total. The van der Waals surface area contributed by atoms with Gasteiger partial charge in [-0.15, -0.1) is 0 Å². The number of aryl methyl sites for hydroxylation is 1. The summed E-state index contributed by atoms with van der Waals surface area (Å²) >= 11 is 0. The Hall–Kier alpha value is -1.52. The molecule has 16 heavy (non-hydrogen) atoms. The largest absolute Gasteiger partial charge is 0.466 e. The van der Waals surface area contributed by atoms with E-state index in [0.29, 0.717) is 6.61 Å². The van der Waals surface area contributed by atoms with Crippen molar-refractivity contribution < 1.29 is 9.53 Å². The van der Waals surface area contributed by atoms with Crippen LogP contribution in [-0.4, -0.2) is 35.4 Å². The fourth-order valence-corrected chi connectivity index (χ4v) is 2.02. The fraction of sp³-hybridized carbons (Fsp3) is 0.636. The SMILES string of the molecule is CCOC(=O)C1CCN(c2cnn(C)c2)C1. The molecule has 1 atom stereocenters. The Kier molecular flexibility index (Phi) is 3.12. The van der Waals surface area contributed by atoms with E-state index >= 15 is 0 Å². The van der Waals surface area contributed by atoms with Gasteiger partial charge in [0.2, 0.25) is 0 Å². The molecular weight excluding hydrogens is 206 g/mol. The van der Waals surface area contributed by atoms with E-state index in [-0.39, 0.29) is 11.9 Å². The number of rotatable bonds is 3. The Bertz CT molecular complexity index is 375. The summed E-state index contributed by atoms with van der Waals surface area (Å²) in [6, 6.07) is 0. The first-order chi connectivity index (χ1) is 7.70. The summed E-state index contributed by atoms with van der Waals surface area (Å²) < 4.78 is 6.80. The number of ether oxygens (including phenoxy) is 1. The molecule has 0 spiro atoms. The van der Waals surface area contributed by atoms with Crippen LogP contribution < -0.4 is 4.90 Å². The predicted octanol–water partition coefficient (Wildman–Crippen LogP) is 0.809. The normalized spacial score (nSPS) is 20.1. The molecule has 1 aliphatic heterocycles. The van der Waals surface area contributed by atoms with Crippen LogP contribution in [0.15, 0.2) is 12.4 Å². The molecule has 1 saturated heterocycles. The van der Waals surface area contributed by atoms with Crippen molar-refractivity contribution in [2.24, 2.45) is 13.0 Å². The van der Waals surface area contributed by atoms with Crippen LogP contribution in [-0.2, 0) is 16.6 Å². The van der Waals surface area contributed by atoms with E-state index in [1.807, 2.05) is 26.4 Å². The van der Waals surface area contributed by atoms with Gasteiger partial charge in [0, 0.05) is 26.3 Å². The minimum Gasteiger partial charge on any atom is -0.466 e. The maximum atomic E-state index is 11.6. The van der Waals surface area contributed by atoms with E-state index in [1.165, 1.54) is 0 Å². The molecule has 1 fully saturated rings. The second-order valence-corrected chi connectivity index (χ2v) is 4.06. The molecule has 1 aromatic heterocycles. The van der Waals surface area contributed by atoms with E-state index in [4.69, 9.17) is 4.74 Å². The van der Waals surface area contributed by atoms with Crippen molar-refractivity contribution in [1.29, 1.82) is 0 Å². The molecule has 0 saturated carbocycles. The Morgan fingerprint density at radius 1 is 1.69 bits per heavy atom. The third-order valence-corrected chi connectivity index (χ3v) is 2.86. The summed E-state index contributed by atoms with van der Waals surface area (Å²) in [7, 11) is 1.89. The third kappa shape index (κ3) is 2.18. The molecule has 2 rings (SSSR count). The first kappa shape index (κ1) is 11.0. The van der Waals surface area contributed by atoms with Crippen LogP contribution in [0.3, 0.4) is 0 Å². The summed E-state index contributed by atoms with van der Waals surface area (Å²) in [4.78, 5) is 13.7. The molecule has 0 aromatic carbocycles. The van der Waals surface area contributed by atoms with Gasteiger partial charge in [0.15, 0.2) is 0 Å². The smallest absolute Gasteiger partial charge is 0.310 e. The topological polar surface area (TPSA) is 47.4 Å². The summed E-state index contributed by atoms with van der Waals surface area (Å²) in [5.41, 5.74) is 1.08. The zero-order chi connectivity index (χ0) is 11.5. The van der Waals surface area contributed by atoms with Gasteiger partial charge >= 0.3 is 5.97 Å². The number of anilines is 1. The van der Waals surface area contributed by atoms with Crippen molar-refractivity contribution in [2.45, 2.75) is 13.3 Å². The average molecular weight is 223 g/mol. The second-order valence-electron chi connectivity index (χ2n) is 4.06. The van der Waals surface area contributed by atoms with Crippen LogP contribution in [0.1, 0.15) is 13.3 Å². The van der Waals surface area contributed by atoms with Gasteiger partial charge in [-0.25, -0.2) is 0 Å². The van der Waals surface area contributed by atoms with E-state index in [0.717, 1.165) is 25.2 Å². The van der Waals surface area contributed by atoms with Crippen LogP contribution in [0.4, 0.5) is 5.69 Å². The number of hydrogen-bond donors (Lipinski definition) is 0. The van der Waals surface area contributed by atoms with Crippen molar-refractivity contribution in [2.75, 3.05) is 24.6 Å². The Morgan fingerprint density at radius 3 is 3.12 bits per heavy atom. The zero-order valence-corrected chi connectivity index (χ0v) is 9.72. The Labute approximate surface area is 95.0 Å². The summed E-state index contributed by atoms with van der Waals surface area (Å²) in [6.07, 6.45) is 4.66. The monoisotopic (exact) mass is 223 g/mol. The molecule has 0 amide bonds. The van der Waals surface area contributed by atoms with Crippen molar-refractivity contribution in [1.82, 2.24) is 9.78 Å². The third-order valence-electron chi connectivity index (χ3n) is 2.86. The minimum atomic E-state index is -0.0751. The van der Waals surface area contributed by atoms with Crippen LogP contribution in [0.2, 0.25) is 0 Å². The molecule has 1 unspecified atom stereocenters. The molecule has 88 valence electrons. The maximum absolute atomic E-state index is 11.6. The summed E-state index contributed by atoms with van der Waals surface area (Å²) in [6.45, 7) is 3.94. The van der Waals surface area contributed by atoms with Crippen LogP contribution in [0.25, 0.3) is 0 Å². The molecule has 1 aromatic rings. The average Bonchev–Trinajstić information content (AvgIpc) is 2.85. The molecule has 0 N–H and O–H groups in total. The molecule has 2 heterocycles. The molecule has 0 radical (unpaired) electrons. The van der Waals surface area contributed by atoms with Crippen LogP contribution in [0, 0.1) is 5.92 Å². The highest BCUT2D eigenvalue weighted by atomic mass is 16.5. The van der Waals surface area contributed by atoms with Crippen LogP contribution >= 0.6 is 0 Å². The van der Waals surface area contributed by atoms with Gasteiger partial charge in [-0.05, 0) is 13.3 Å². The minimum absolute atomic E-state index is 0.0140. The van der Waals surface area contributed by atoms with Gasteiger partial charge in [-0.3, -0.25) is 9.48 Å². The standard InChI is InChI=1S/C11H17N3O2/c1-3-16-11(15)9-4-5-14(7-9)10-6-12-13(2)8-10/h6,8-9H,3-5,7H2,1-2H3. The van der Waals surface area contributed by atoms with Crippen LogP contribution in [0.5, 0.6) is 0 Å². The van der Waals surface area contributed by atoms with Gasteiger partial charge in [0.25, 0.3) is 0 Å². The lowest BCUT2D eigenvalue weighted by Crippen LogP contribution is -2.23. The van der Waals surface area contributed by atoms with Crippen molar-refractivity contribution in [3.8, 4) is 0 Å². The van der Waals surface area contributed by atoms with E-state index in [9.17, 15) is 4.79 Å². The summed E-state index contributed by atoms with van der Waals surface area (Å²) in [5, 5.41) is 4.13. The van der Waals surface area contributed by atoms with Gasteiger partial charge in [-0.1, -0.05) is 0 Å². The second kappa shape index (κ2) is 4.55. The molecular formula is C11H17N3O2. The lowest BCUT2D eigenvalue weighted by Gasteiger charge is -2.15. The summed E-state index contributed by atoms with van der Waals surface area (Å²) in [5.74, 6) is -0.0611. The number of carbonyl (C=O) groups excluding carboxylic acids is 1. The number of nitrogens with zero attached hydrogens (tertiary/aromatic N) is 3. The van der Waals surface area contributed by atoms with Crippen molar-refractivity contribution in [3.63, 3.8) is 0 Å². The van der Waals surface area contributed by atoms with Gasteiger partial charge < -0.3 is 9.64 Å². The fourth-order valence-electron chi connectivity index (χ4n) is 2.02. The van der Waals surface area contributed by atoms with E-state index in [1.54, 1.807) is 4.68 Å². The van der Waals surface area contributed by atoms with E-state index < -0.39 is 0 Å². The lowest BCUT2D eigenvalue weighted by molar-refractivity contribution is -0.147. The number of carbonyl (C=O) groups is 1. The van der Waals surface area contributed by atoms with Gasteiger partial charge in [-0.2, -0.15) is 5.10 Å². The van der Waals surface area contributed by atoms with E-state index in [2.05, 4.69) is 10.00 Å². The highest BCUT2D eigenvalue weighted by Gasteiger charge is 2.29. The first-order valence-corrected chi connectivity index (χ1v) is 5.61. The Balaban J connectivity index is 1.95. The van der Waals surface area contributed by atoms with Gasteiger partial charge in [0.1, 0.15) is 0 Å². The number of aromatic nitrogens is 2. The quantitative estimate of drug-likeness (QED) is 0.711. The first-order valence-electron chi connectivity index (χ1n) is 5.61. The lowest BCUT2D eigenvalue weighted by atomic mass is 10.1. The number of esters is 1. The highest BCUT2D eigenvalue weighted by Crippen LogP contribution is 2.23. The highest BCUT2D eigenvalue weighted by molar-refractivity contribution is 5.74. The van der Waals surface area contributed by atoms with Crippen molar-refractivity contribution >= 4 is 11.7 Å².